The number of rotatable bonds is 9. The molecule has 2 N–H and O–H groups in total. The number of halogens is 3. The molecule has 11 heteroatoms. The predicted molar refractivity (Wildman–Crippen MR) is 110 cm³/mol. The van der Waals surface area contributed by atoms with Crippen LogP contribution in [0.1, 0.15) is 51.8 Å². The highest BCUT2D eigenvalue weighted by Gasteiger charge is 2.37. The second-order valence-electron chi connectivity index (χ2n) is 7.39. The first-order valence-corrected chi connectivity index (χ1v) is 10.8. The molecule has 2 heterocycles. The van der Waals surface area contributed by atoms with Crippen LogP contribution in [0.15, 0.2) is 6.20 Å². The average Bonchev–Trinajstić information content (AvgIpc) is 3.25. The second-order valence-corrected chi connectivity index (χ2v) is 8.49. The summed E-state index contributed by atoms with van der Waals surface area (Å²) in [6.45, 7) is 1.77. The Morgan fingerprint density at radius 1 is 1.29 bits per heavy atom. The number of anilines is 1. The Kier molecular flexibility index (Phi) is 7.50. The van der Waals surface area contributed by atoms with Gasteiger partial charge >= 0.3 is 6.18 Å². The maximum atomic E-state index is 13.3. The number of hydrogen-bond donors (Lipinski definition) is 2. The summed E-state index contributed by atoms with van der Waals surface area (Å²) >= 11 is 1.37. The van der Waals surface area contributed by atoms with Crippen molar-refractivity contribution in [2.75, 3.05) is 25.6 Å². The molecule has 2 aromatic heterocycles. The van der Waals surface area contributed by atoms with Gasteiger partial charge in [-0.25, -0.2) is 0 Å². The largest absolute Gasteiger partial charge is 0.435 e. The number of aryl methyl sites for hydroxylation is 1. The zero-order chi connectivity index (χ0) is 22.6. The number of alkyl halides is 3. The molecule has 0 aromatic carbocycles. The fraction of sp³-hybridized carbons (Fsp3) is 0.550. The number of hydrogen-bond acceptors (Lipinski definition) is 6. The molecule has 0 saturated heterocycles. The monoisotopic (exact) mass is 458 g/mol. The van der Waals surface area contributed by atoms with Gasteiger partial charge in [0.05, 0.1) is 12.2 Å². The minimum atomic E-state index is -4.63. The van der Waals surface area contributed by atoms with Crippen LogP contribution in [0, 0.1) is 0 Å². The number of amides is 1. The van der Waals surface area contributed by atoms with Gasteiger partial charge in [0.15, 0.2) is 11.5 Å². The van der Waals surface area contributed by atoms with E-state index in [-0.39, 0.29) is 24.4 Å². The lowest BCUT2D eigenvalue weighted by atomic mass is 9.94. The van der Waals surface area contributed by atoms with Gasteiger partial charge in [-0.2, -0.15) is 18.3 Å². The third-order valence-corrected chi connectivity index (χ3v) is 6.19. The molecule has 0 radical (unpaired) electrons. The summed E-state index contributed by atoms with van der Waals surface area (Å²) in [5.74, 6) is -0.659. The van der Waals surface area contributed by atoms with Crippen LogP contribution in [-0.4, -0.2) is 41.7 Å². The van der Waals surface area contributed by atoms with Gasteiger partial charge in [-0.3, -0.25) is 14.3 Å². The van der Waals surface area contributed by atoms with E-state index in [2.05, 4.69) is 15.7 Å². The van der Waals surface area contributed by atoms with Gasteiger partial charge in [0.25, 0.3) is 0 Å². The number of nitrogens with zero attached hydrogens (tertiary/aromatic N) is 2. The van der Waals surface area contributed by atoms with E-state index in [9.17, 15) is 22.8 Å². The van der Waals surface area contributed by atoms with Crippen LogP contribution in [0.25, 0.3) is 0 Å². The van der Waals surface area contributed by atoms with Gasteiger partial charge in [-0.1, -0.05) is 0 Å². The lowest BCUT2D eigenvalue weighted by molar-refractivity contribution is -0.142. The summed E-state index contributed by atoms with van der Waals surface area (Å²) < 4.78 is 45.8. The van der Waals surface area contributed by atoms with Crippen molar-refractivity contribution in [2.45, 2.75) is 51.9 Å². The van der Waals surface area contributed by atoms with Crippen molar-refractivity contribution >= 4 is 28.0 Å². The van der Waals surface area contributed by atoms with Crippen LogP contribution in [0.3, 0.4) is 0 Å². The van der Waals surface area contributed by atoms with Crippen molar-refractivity contribution in [2.24, 2.45) is 0 Å². The summed E-state index contributed by atoms with van der Waals surface area (Å²) in [5.41, 5.74) is 0.433. The summed E-state index contributed by atoms with van der Waals surface area (Å²) in [6.07, 6.45) is 0.273. The summed E-state index contributed by atoms with van der Waals surface area (Å²) in [7, 11) is 1.50. The maximum Gasteiger partial charge on any atom is 0.435 e. The molecule has 0 fully saturated rings. The first-order valence-electron chi connectivity index (χ1n) is 9.99. The molecular formula is C20H25F3N4O3S. The Morgan fingerprint density at radius 3 is 2.71 bits per heavy atom. The van der Waals surface area contributed by atoms with Crippen molar-refractivity contribution in [3.05, 3.63) is 33.5 Å². The van der Waals surface area contributed by atoms with Gasteiger partial charge in [0.1, 0.15) is 11.5 Å². The normalized spacial score (nSPS) is 13.8. The van der Waals surface area contributed by atoms with Gasteiger partial charge in [0, 0.05) is 36.8 Å². The zero-order valence-corrected chi connectivity index (χ0v) is 18.2. The fourth-order valence-electron chi connectivity index (χ4n) is 3.65. The number of carbonyl (C=O) groups excluding carboxylic acids is 2. The molecule has 1 aliphatic rings. The van der Waals surface area contributed by atoms with E-state index in [0.29, 0.717) is 23.7 Å². The Bertz CT molecular complexity index is 952. The molecule has 0 unspecified atom stereocenters. The Labute approximate surface area is 182 Å². The van der Waals surface area contributed by atoms with Crippen molar-refractivity contribution < 1.29 is 27.5 Å². The molecule has 1 amide bonds. The molecule has 0 spiro atoms. The minimum absolute atomic E-state index is 0.0487. The van der Waals surface area contributed by atoms with E-state index >= 15 is 0 Å². The van der Waals surface area contributed by atoms with Gasteiger partial charge in [0.2, 0.25) is 5.91 Å². The van der Waals surface area contributed by atoms with E-state index in [4.69, 9.17) is 4.74 Å². The average molecular weight is 459 g/mol. The van der Waals surface area contributed by atoms with E-state index in [1.165, 1.54) is 31.6 Å². The molecule has 0 atom stereocenters. The van der Waals surface area contributed by atoms with E-state index in [1.807, 2.05) is 0 Å². The molecule has 0 saturated carbocycles. The van der Waals surface area contributed by atoms with Crippen molar-refractivity contribution in [1.29, 1.82) is 0 Å². The lowest BCUT2D eigenvalue weighted by Crippen LogP contribution is -2.20. The van der Waals surface area contributed by atoms with Crippen LogP contribution in [0.4, 0.5) is 18.2 Å². The summed E-state index contributed by atoms with van der Waals surface area (Å²) in [5, 5.41) is 9.61. The minimum Gasteiger partial charge on any atom is -0.383 e. The van der Waals surface area contributed by atoms with E-state index < -0.39 is 17.8 Å². The highest BCUT2D eigenvalue weighted by molar-refractivity contribution is 7.17. The molecule has 0 bridgehead atoms. The number of ketones is 1. The maximum absolute atomic E-state index is 13.3. The molecule has 0 aliphatic heterocycles. The fourth-order valence-corrected chi connectivity index (χ4v) is 5.00. The van der Waals surface area contributed by atoms with E-state index in [0.717, 1.165) is 40.8 Å². The number of thiophene rings is 1. The zero-order valence-electron chi connectivity index (χ0n) is 17.4. The molecule has 7 nitrogen and oxygen atoms in total. The third-order valence-electron chi connectivity index (χ3n) is 4.99. The van der Waals surface area contributed by atoms with Crippen LogP contribution in [-0.2, 0) is 41.6 Å². The van der Waals surface area contributed by atoms with Gasteiger partial charge in [-0.05, 0) is 38.2 Å². The highest BCUT2D eigenvalue weighted by atomic mass is 32.1. The summed E-state index contributed by atoms with van der Waals surface area (Å²) in [6, 6.07) is 0. The van der Waals surface area contributed by atoms with Crippen LogP contribution < -0.4 is 10.6 Å². The quantitative estimate of drug-likeness (QED) is 0.444. The van der Waals surface area contributed by atoms with Crippen molar-refractivity contribution in [1.82, 2.24) is 15.1 Å². The smallest absolute Gasteiger partial charge is 0.383 e. The predicted octanol–water partition coefficient (Wildman–Crippen LogP) is 3.42. The van der Waals surface area contributed by atoms with E-state index in [1.54, 1.807) is 0 Å². The van der Waals surface area contributed by atoms with Crippen LogP contribution in [0.5, 0.6) is 0 Å². The Morgan fingerprint density at radius 2 is 2.03 bits per heavy atom. The standard InChI is InChI=1S/C20H25F3N4O3S/c1-12(28)17-14-5-3-4-6-15(14)31-19(17)25-16(29)11-27-10-13(9-24-7-8-30-2)18(26-27)20(21,22)23/h10,24H,3-9,11H2,1-2H3,(H,25,29). The Hall–Kier alpha value is -2.24. The number of nitrogens with one attached hydrogen (secondary N) is 2. The molecule has 31 heavy (non-hydrogen) atoms. The number of Topliss-reactive ketones (excluding diaryl/α,β-unsaturated/α-hetero) is 1. The molecular weight excluding hydrogens is 433 g/mol. The first-order chi connectivity index (χ1) is 14.7. The summed E-state index contributed by atoms with van der Waals surface area (Å²) in [4.78, 5) is 25.8. The number of fused-ring (bicyclic) bond motifs is 1. The molecule has 1 aliphatic carbocycles. The number of ether oxygens (including phenoxy) is 1. The van der Waals surface area contributed by atoms with Crippen LogP contribution in [0.2, 0.25) is 0 Å². The second kappa shape index (κ2) is 9.92. The highest BCUT2D eigenvalue weighted by Crippen LogP contribution is 2.38. The SMILES string of the molecule is COCCNCc1cn(CC(=O)Nc2sc3c(c2C(C)=O)CCCC3)nc1C(F)(F)F. The van der Waals surface area contributed by atoms with Gasteiger partial charge < -0.3 is 15.4 Å². The van der Waals surface area contributed by atoms with Crippen LogP contribution >= 0.6 is 11.3 Å². The molecule has 2 aromatic rings. The number of aromatic nitrogens is 2. The Balaban J connectivity index is 1.74. The number of methoxy groups -OCH3 is 1. The third kappa shape index (κ3) is 5.72. The van der Waals surface area contributed by atoms with Crippen molar-refractivity contribution in [3.63, 3.8) is 0 Å². The first kappa shape index (κ1) is 23.4. The van der Waals surface area contributed by atoms with Crippen molar-refractivity contribution in [3.8, 4) is 0 Å². The molecule has 3 rings (SSSR count). The molecule has 170 valence electrons. The number of carbonyl (C=O) groups is 2. The van der Waals surface area contributed by atoms with Gasteiger partial charge in [-0.15, -0.1) is 11.3 Å². The lowest BCUT2D eigenvalue weighted by Gasteiger charge is -2.11. The topological polar surface area (TPSA) is 85.2 Å².